The normalized spacial score (nSPS) is 25.3. The highest BCUT2D eigenvalue weighted by Gasteiger charge is 2.39. The van der Waals surface area contributed by atoms with Crippen molar-refractivity contribution in [3.63, 3.8) is 0 Å². The molecule has 0 bridgehead atoms. The first-order valence-corrected chi connectivity index (χ1v) is 8.66. The highest BCUT2D eigenvalue weighted by atomic mass is 16.2. The van der Waals surface area contributed by atoms with Gasteiger partial charge in [0.2, 0.25) is 0 Å². The molecule has 1 aromatic carbocycles. The van der Waals surface area contributed by atoms with Crippen molar-refractivity contribution < 1.29 is 4.79 Å². The summed E-state index contributed by atoms with van der Waals surface area (Å²) in [4.78, 5) is 19.3. The SMILES string of the molecule is O=C1N(CCN2CCCCC2)C[C@@H]2Cc3ccccc3CN12. The number of carbonyl (C=O) groups is 1. The molecule has 4 nitrogen and oxygen atoms in total. The second-order valence-corrected chi connectivity index (χ2v) is 6.89. The molecule has 4 rings (SSSR count). The van der Waals surface area contributed by atoms with Gasteiger partial charge in [0.05, 0.1) is 6.04 Å². The van der Waals surface area contributed by atoms with E-state index in [2.05, 4.69) is 39.0 Å². The van der Waals surface area contributed by atoms with Crippen LogP contribution in [0.1, 0.15) is 30.4 Å². The Kier molecular flexibility index (Phi) is 3.78. The zero-order valence-corrected chi connectivity index (χ0v) is 13.2. The fraction of sp³-hybridized carbons (Fsp3) is 0.611. The maximum atomic E-state index is 12.7. The smallest absolute Gasteiger partial charge is 0.320 e. The van der Waals surface area contributed by atoms with Crippen LogP contribution in [0.3, 0.4) is 0 Å². The largest absolute Gasteiger partial charge is 0.321 e. The van der Waals surface area contributed by atoms with Crippen molar-refractivity contribution in [2.75, 3.05) is 32.7 Å². The molecule has 1 aromatic rings. The van der Waals surface area contributed by atoms with Gasteiger partial charge in [0.1, 0.15) is 0 Å². The Balaban J connectivity index is 1.38. The maximum Gasteiger partial charge on any atom is 0.320 e. The molecule has 22 heavy (non-hydrogen) atoms. The summed E-state index contributed by atoms with van der Waals surface area (Å²) in [5.74, 6) is 0. The van der Waals surface area contributed by atoms with Gasteiger partial charge in [-0.25, -0.2) is 4.79 Å². The molecule has 0 saturated carbocycles. The van der Waals surface area contributed by atoms with Gasteiger partial charge in [0.15, 0.2) is 0 Å². The number of rotatable bonds is 3. The van der Waals surface area contributed by atoms with Crippen molar-refractivity contribution in [1.82, 2.24) is 14.7 Å². The molecule has 2 saturated heterocycles. The van der Waals surface area contributed by atoms with Gasteiger partial charge in [0.25, 0.3) is 0 Å². The molecule has 3 heterocycles. The lowest BCUT2D eigenvalue weighted by Gasteiger charge is -2.30. The summed E-state index contributed by atoms with van der Waals surface area (Å²) in [6, 6.07) is 9.19. The number of piperidine rings is 1. The number of benzene rings is 1. The molecule has 2 amide bonds. The van der Waals surface area contributed by atoms with Crippen molar-refractivity contribution in [3.8, 4) is 0 Å². The Morgan fingerprint density at radius 3 is 2.59 bits per heavy atom. The summed E-state index contributed by atoms with van der Waals surface area (Å²) < 4.78 is 0. The molecule has 118 valence electrons. The highest BCUT2D eigenvalue weighted by Crippen LogP contribution is 2.28. The number of hydrogen-bond donors (Lipinski definition) is 0. The van der Waals surface area contributed by atoms with E-state index < -0.39 is 0 Å². The Bertz CT molecular complexity index is 553. The average Bonchev–Trinajstić information content (AvgIpc) is 2.87. The second-order valence-electron chi connectivity index (χ2n) is 6.89. The monoisotopic (exact) mass is 299 g/mol. The van der Waals surface area contributed by atoms with Gasteiger partial charge in [-0.15, -0.1) is 0 Å². The molecule has 0 aromatic heterocycles. The molecule has 0 aliphatic carbocycles. The van der Waals surface area contributed by atoms with Gasteiger partial charge < -0.3 is 14.7 Å². The summed E-state index contributed by atoms with van der Waals surface area (Å²) in [7, 11) is 0. The second kappa shape index (κ2) is 5.92. The van der Waals surface area contributed by atoms with E-state index in [9.17, 15) is 4.79 Å². The number of likely N-dealkylation sites (tertiary alicyclic amines) is 1. The molecule has 1 atom stereocenters. The molecular formula is C18H25N3O. The maximum absolute atomic E-state index is 12.7. The van der Waals surface area contributed by atoms with Crippen LogP contribution < -0.4 is 0 Å². The Labute approximate surface area is 132 Å². The van der Waals surface area contributed by atoms with Crippen LogP contribution in [0.15, 0.2) is 24.3 Å². The third-order valence-corrected chi connectivity index (χ3v) is 5.44. The Morgan fingerprint density at radius 2 is 1.77 bits per heavy atom. The van der Waals surface area contributed by atoms with Gasteiger partial charge in [-0.2, -0.15) is 0 Å². The van der Waals surface area contributed by atoms with Crippen molar-refractivity contribution in [3.05, 3.63) is 35.4 Å². The highest BCUT2D eigenvalue weighted by molar-refractivity contribution is 5.77. The fourth-order valence-corrected chi connectivity index (χ4v) is 4.12. The van der Waals surface area contributed by atoms with Crippen LogP contribution in [0.5, 0.6) is 0 Å². The minimum absolute atomic E-state index is 0.247. The van der Waals surface area contributed by atoms with Crippen LogP contribution in [0, 0.1) is 0 Å². The molecule has 0 unspecified atom stereocenters. The minimum Gasteiger partial charge on any atom is -0.321 e. The molecule has 0 spiro atoms. The minimum atomic E-state index is 0.247. The third-order valence-electron chi connectivity index (χ3n) is 5.44. The quantitative estimate of drug-likeness (QED) is 0.856. The number of amides is 2. The van der Waals surface area contributed by atoms with E-state index in [1.807, 2.05) is 0 Å². The lowest BCUT2D eigenvalue weighted by molar-refractivity contribution is 0.170. The van der Waals surface area contributed by atoms with Crippen LogP contribution in [-0.4, -0.2) is 59.5 Å². The number of nitrogens with zero attached hydrogens (tertiary/aromatic N) is 3. The van der Waals surface area contributed by atoms with Crippen LogP contribution in [-0.2, 0) is 13.0 Å². The average molecular weight is 299 g/mol. The number of urea groups is 1. The molecule has 0 radical (unpaired) electrons. The first-order valence-electron chi connectivity index (χ1n) is 8.66. The van der Waals surface area contributed by atoms with Gasteiger partial charge in [0, 0.05) is 26.2 Å². The Morgan fingerprint density at radius 1 is 1.00 bits per heavy atom. The zero-order chi connectivity index (χ0) is 14.9. The predicted octanol–water partition coefficient (Wildman–Crippen LogP) is 2.33. The first-order chi connectivity index (χ1) is 10.8. The molecule has 4 heteroatoms. The van der Waals surface area contributed by atoms with Gasteiger partial charge in [-0.05, 0) is 43.5 Å². The van der Waals surface area contributed by atoms with Crippen molar-refractivity contribution >= 4 is 6.03 Å². The van der Waals surface area contributed by atoms with Crippen molar-refractivity contribution in [2.45, 2.75) is 38.3 Å². The lowest BCUT2D eigenvalue weighted by Crippen LogP contribution is -2.40. The summed E-state index contributed by atoms with van der Waals surface area (Å²) in [5, 5.41) is 0. The third kappa shape index (κ3) is 2.60. The summed E-state index contributed by atoms with van der Waals surface area (Å²) in [5.41, 5.74) is 2.75. The van der Waals surface area contributed by atoms with Gasteiger partial charge in [-0.1, -0.05) is 30.7 Å². The van der Waals surface area contributed by atoms with Crippen LogP contribution in [0.4, 0.5) is 4.79 Å². The molecule has 3 aliphatic heterocycles. The summed E-state index contributed by atoms with van der Waals surface area (Å²) in [6.45, 7) is 6.05. The van der Waals surface area contributed by atoms with Gasteiger partial charge in [-0.3, -0.25) is 0 Å². The number of carbonyl (C=O) groups excluding carboxylic acids is 1. The van der Waals surface area contributed by atoms with E-state index in [1.54, 1.807) is 0 Å². The van der Waals surface area contributed by atoms with E-state index in [1.165, 1.54) is 43.5 Å². The van der Waals surface area contributed by atoms with Crippen molar-refractivity contribution in [1.29, 1.82) is 0 Å². The number of fused-ring (bicyclic) bond motifs is 2. The Hall–Kier alpha value is -1.55. The van der Waals surface area contributed by atoms with E-state index in [0.717, 1.165) is 32.6 Å². The topological polar surface area (TPSA) is 26.8 Å². The molecule has 3 aliphatic rings. The summed E-state index contributed by atoms with van der Waals surface area (Å²) >= 11 is 0. The lowest BCUT2D eigenvalue weighted by atomic mass is 9.95. The molecule has 2 fully saturated rings. The van der Waals surface area contributed by atoms with E-state index in [-0.39, 0.29) is 6.03 Å². The predicted molar refractivity (Wildman–Crippen MR) is 86.7 cm³/mol. The van der Waals surface area contributed by atoms with Crippen LogP contribution in [0.2, 0.25) is 0 Å². The van der Waals surface area contributed by atoms with Gasteiger partial charge >= 0.3 is 6.03 Å². The summed E-state index contributed by atoms with van der Waals surface area (Å²) in [6.07, 6.45) is 5.02. The standard InChI is InChI=1S/C18H25N3O/c22-18-20(11-10-19-8-4-1-5-9-19)14-17-12-15-6-2-3-7-16(15)13-21(17)18/h2-3,6-7,17H,1,4-5,8-14H2/t17-/m0/s1. The van der Waals surface area contributed by atoms with Crippen LogP contribution in [0.25, 0.3) is 0 Å². The van der Waals surface area contributed by atoms with E-state index in [4.69, 9.17) is 0 Å². The molecular weight excluding hydrogens is 274 g/mol. The zero-order valence-electron chi connectivity index (χ0n) is 13.2. The first kappa shape index (κ1) is 14.1. The molecule has 0 N–H and O–H groups in total. The van der Waals surface area contributed by atoms with E-state index >= 15 is 0 Å². The van der Waals surface area contributed by atoms with Crippen molar-refractivity contribution in [2.24, 2.45) is 0 Å². The van der Waals surface area contributed by atoms with E-state index in [0.29, 0.717) is 6.04 Å². The van der Waals surface area contributed by atoms with Crippen LogP contribution >= 0.6 is 0 Å². The number of hydrogen-bond acceptors (Lipinski definition) is 2. The fourth-order valence-electron chi connectivity index (χ4n) is 4.12.